The van der Waals surface area contributed by atoms with Crippen LogP contribution in [0, 0.1) is 5.92 Å². The summed E-state index contributed by atoms with van der Waals surface area (Å²) < 4.78 is 5.14. The average Bonchev–Trinajstić information content (AvgIpc) is 2.66. The normalized spacial score (nSPS) is 19.3. The van der Waals surface area contributed by atoms with E-state index in [2.05, 4.69) is 10.3 Å². The number of hydrogen-bond acceptors (Lipinski definition) is 5. The second-order valence-corrected chi connectivity index (χ2v) is 7.16. The molecule has 1 aliphatic carbocycles. The highest BCUT2D eigenvalue weighted by Gasteiger charge is 2.37. The molecule has 1 aromatic carbocycles. The van der Waals surface area contributed by atoms with Crippen LogP contribution < -0.4 is 5.32 Å². The molecule has 6 heteroatoms. The fourth-order valence-corrected chi connectivity index (χ4v) is 3.49. The molecule has 28 heavy (non-hydrogen) atoms. The molecule has 148 valence electrons. The molecule has 0 spiro atoms. The van der Waals surface area contributed by atoms with Crippen molar-refractivity contribution in [2.45, 2.75) is 44.6 Å². The van der Waals surface area contributed by atoms with Crippen molar-refractivity contribution in [2.75, 3.05) is 6.61 Å². The SMILES string of the molecule is CCOC(=O)C(CCc1ccncc1)NC(=O)C1CC(c2ccc(O)cc2)C1. The van der Waals surface area contributed by atoms with E-state index in [9.17, 15) is 14.7 Å². The lowest BCUT2D eigenvalue weighted by atomic mass is 9.71. The van der Waals surface area contributed by atoms with Crippen molar-refractivity contribution in [2.24, 2.45) is 5.92 Å². The van der Waals surface area contributed by atoms with Crippen molar-refractivity contribution >= 4 is 11.9 Å². The van der Waals surface area contributed by atoms with E-state index in [-0.39, 0.29) is 30.2 Å². The minimum absolute atomic E-state index is 0.0946. The van der Waals surface area contributed by atoms with Crippen LogP contribution in [-0.4, -0.2) is 34.6 Å². The number of carbonyl (C=O) groups excluding carboxylic acids is 2. The molecule has 2 aromatic rings. The van der Waals surface area contributed by atoms with Crippen LogP contribution in [0.4, 0.5) is 0 Å². The first-order valence-corrected chi connectivity index (χ1v) is 9.71. The first-order valence-electron chi connectivity index (χ1n) is 9.71. The molecule has 0 bridgehead atoms. The van der Waals surface area contributed by atoms with Gasteiger partial charge in [-0.15, -0.1) is 0 Å². The zero-order valence-electron chi connectivity index (χ0n) is 16.0. The van der Waals surface area contributed by atoms with Crippen LogP contribution in [-0.2, 0) is 20.7 Å². The number of aryl methyl sites for hydroxylation is 1. The molecule has 2 N–H and O–H groups in total. The fraction of sp³-hybridized carbons (Fsp3) is 0.409. The number of phenols is 1. The summed E-state index contributed by atoms with van der Waals surface area (Å²) in [4.78, 5) is 28.9. The number of aromatic hydroxyl groups is 1. The number of aromatic nitrogens is 1. The third-order valence-electron chi connectivity index (χ3n) is 5.23. The van der Waals surface area contributed by atoms with Gasteiger partial charge in [-0.2, -0.15) is 0 Å². The molecule has 1 amide bonds. The van der Waals surface area contributed by atoms with Crippen LogP contribution in [0.15, 0.2) is 48.8 Å². The third-order valence-corrected chi connectivity index (χ3v) is 5.23. The number of pyridine rings is 1. The van der Waals surface area contributed by atoms with Crippen LogP contribution >= 0.6 is 0 Å². The second-order valence-electron chi connectivity index (χ2n) is 7.16. The Balaban J connectivity index is 1.53. The maximum Gasteiger partial charge on any atom is 0.328 e. The summed E-state index contributed by atoms with van der Waals surface area (Å²) in [6.07, 6.45) is 6.07. The topological polar surface area (TPSA) is 88.5 Å². The molecule has 1 heterocycles. The number of carbonyl (C=O) groups is 2. The smallest absolute Gasteiger partial charge is 0.328 e. The first-order chi connectivity index (χ1) is 13.6. The molecule has 1 aromatic heterocycles. The van der Waals surface area contributed by atoms with Crippen LogP contribution in [0.5, 0.6) is 5.75 Å². The van der Waals surface area contributed by atoms with Gasteiger partial charge in [-0.25, -0.2) is 4.79 Å². The summed E-state index contributed by atoms with van der Waals surface area (Å²) >= 11 is 0. The summed E-state index contributed by atoms with van der Waals surface area (Å²) in [6.45, 7) is 2.04. The van der Waals surface area contributed by atoms with Crippen molar-refractivity contribution in [3.05, 3.63) is 59.9 Å². The summed E-state index contributed by atoms with van der Waals surface area (Å²) in [7, 11) is 0. The highest BCUT2D eigenvalue weighted by Crippen LogP contribution is 2.42. The largest absolute Gasteiger partial charge is 0.508 e. The highest BCUT2D eigenvalue weighted by atomic mass is 16.5. The Labute approximate surface area is 164 Å². The molecule has 1 fully saturated rings. The third kappa shape index (κ3) is 5.09. The summed E-state index contributed by atoms with van der Waals surface area (Å²) in [5.41, 5.74) is 2.19. The summed E-state index contributed by atoms with van der Waals surface area (Å²) in [5.74, 6) is -0.0307. The molecule has 1 saturated carbocycles. The van der Waals surface area contributed by atoms with Gasteiger partial charge in [-0.1, -0.05) is 12.1 Å². The van der Waals surface area contributed by atoms with E-state index < -0.39 is 6.04 Å². The molecular formula is C22H26N2O4. The van der Waals surface area contributed by atoms with E-state index in [1.165, 1.54) is 0 Å². The molecule has 0 aliphatic heterocycles. The quantitative estimate of drug-likeness (QED) is 0.685. The van der Waals surface area contributed by atoms with Crippen molar-refractivity contribution in [3.63, 3.8) is 0 Å². The van der Waals surface area contributed by atoms with E-state index in [4.69, 9.17) is 4.74 Å². The van der Waals surface area contributed by atoms with Gasteiger partial charge in [0.15, 0.2) is 0 Å². The zero-order valence-corrected chi connectivity index (χ0v) is 16.0. The lowest BCUT2D eigenvalue weighted by Gasteiger charge is -2.35. The minimum atomic E-state index is -0.645. The van der Waals surface area contributed by atoms with E-state index in [0.29, 0.717) is 18.8 Å². The Morgan fingerprint density at radius 3 is 2.50 bits per heavy atom. The second kappa shape index (κ2) is 9.35. The van der Waals surface area contributed by atoms with Crippen molar-refractivity contribution in [1.82, 2.24) is 10.3 Å². The number of ether oxygens (including phenoxy) is 1. The summed E-state index contributed by atoms with van der Waals surface area (Å²) in [5, 5.41) is 12.3. The first kappa shape index (κ1) is 19.9. The Bertz CT molecular complexity index is 786. The van der Waals surface area contributed by atoms with Gasteiger partial charge in [0.1, 0.15) is 11.8 Å². The van der Waals surface area contributed by atoms with Crippen LogP contribution in [0.3, 0.4) is 0 Å². The van der Waals surface area contributed by atoms with Gasteiger partial charge >= 0.3 is 5.97 Å². The van der Waals surface area contributed by atoms with Gasteiger partial charge in [-0.05, 0) is 73.9 Å². The number of esters is 1. The predicted molar refractivity (Wildman–Crippen MR) is 105 cm³/mol. The van der Waals surface area contributed by atoms with Gasteiger partial charge in [0.05, 0.1) is 6.61 Å². The van der Waals surface area contributed by atoms with Crippen molar-refractivity contribution in [3.8, 4) is 5.75 Å². The number of nitrogens with zero attached hydrogens (tertiary/aromatic N) is 1. The summed E-state index contributed by atoms with van der Waals surface area (Å²) in [6, 6.07) is 10.3. The monoisotopic (exact) mass is 382 g/mol. The van der Waals surface area contributed by atoms with Crippen LogP contribution in [0.2, 0.25) is 0 Å². The maximum absolute atomic E-state index is 12.6. The van der Waals surface area contributed by atoms with Gasteiger partial charge in [-0.3, -0.25) is 9.78 Å². The Kier molecular flexibility index (Phi) is 6.63. The highest BCUT2D eigenvalue weighted by molar-refractivity contribution is 5.86. The molecule has 1 aliphatic rings. The number of phenolic OH excluding ortho intramolecular Hbond substituents is 1. The van der Waals surface area contributed by atoms with Crippen LogP contribution in [0.25, 0.3) is 0 Å². The minimum Gasteiger partial charge on any atom is -0.508 e. The van der Waals surface area contributed by atoms with E-state index in [1.807, 2.05) is 24.3 Å². The number of hydrogen-bond donors (Lipinski definition) is 2. The number of amides is 1. The van der Waals surface area contributed by atoms with Gasteiger partial charge in [0, 0.05) is 18.3 Å². The molecule has 1 atom stereocenters. The van der Waals surface area contributed by atoms with Crippen LogP contribution in [0.1, 0.15) is 43.2 Å². The predicted octanol–water partition coefficient (Wildman–Crippen LogP) is 2.96. The molecular weight excluding hydrogens is 356 g/mol. The van der Waals surface area contributed by atoms with Gasteiger partial charge in [0.2, 0.25) is 5.91 Å². The standard InChI is InChI=1S/C22H26N2O4/c1-2-28-22(27)20(8-3-15-9-11-23-12-10-15)24-21(26)18-13-17(14-18)16-4-6-19(25)7-5-16/h4-7,9-12,17-18,20,25H,2-3,8,13-14H2,1H3,(H,24,26). The van der Waals surface area contributed by atoms with E-state index >= 15 is 0 Å². The number of rotatable bonds is 8. The Hall–Kier alpha value is -2.89. The van der Waals surface area contributed by atoms with E-state index in [1.54, 1.807) is 31.5 Å². The van der Waals surface area contributed by atoms with Gasteiger partial charge in [0.25, 0.3) is 0 Å². The number of nitrogens with one attached hydrogen (secondary N) is 1. The molecule has 6 nitrogen and oxygen atoms in total. The lowest BCUT2D eigenvalue weighted by Crippen LogP contribution is -2.47. The molecule has 0 radical (unpaired) electrons. The zero-order chi connectivity index (χ0) is 19.9. The van der Waals surface area contributed by atoms with Crippen molar-refractivity contribution in [1.29, 1.82) is 0 Å². The Morgan fingerprint density at radius 1 is 1.18 bits per heavy atom. The number of benzene rings is 1. The molecule has 0 saturated heterocycles. The molecule has 1 unspecified atom stereocenters. The Morgan fingerprint density at radius 2 is 1.86 bits per heavy atom. The lowest BCUT2D eigenvalue weighted by molar-refractivity contribution is -0.148. The van der Waals surface area contributed by atoms with Crippen molar-refractivity contribution < 1.29 is 19.4 Å². The van der Waals surface area contributed by atoms with Gasteiger partial charge < -0.3 is 15.2 Å². The fourth-order valence-electron chi connectivity index (χ4n) is 3.49. The maximum atomic E-state index is 12.6. The van der Waals surface area contributed by atoms with E-state index in [0.717, 1.165) is 24.0 Å². The molecule has 3 rings (SSSR count). The average molecular weight is 382 g/mol.